The number of ether oxygens (including phenoxy) is 1. The maximum atomic E-state index is 13.2. The summed E-state index contributed by atoms with van der Waals surface area (Å²) in [6, 6.07) is 15.1. The van der Waals surface area contributed by atoms with Crippen molar-refractivity contribution in [2.24, 2.45) is 5.92 Å². The second-order valence-corrected chi connectivity index (χ2v) is 9.54. The van der Waals surface area contributed by atoms with Gasteiger partial charge in [-0.2, -0.15) is 0 Å². The largest absolute Gasteiger partial charge is 0.507 e. The number of aromatic nitrogens is 1. The predicted octanol–water partition coefficient (Wildman–Crippen LogP) is 5.81. The van der Waals surface area contributed by atoms with Gasteiger partial charge in [0.2, 0.25) is 0 Å². The summed E-state index contributed by atoms with van der Waals surface area (Å²) in [7, 11) is 0. The molecule has 0 spiro atoms. The molecule has 1 aromatic heterocycles. The SMILES string of the molecule is Cc1cc(/C(O)=C2\C(=O)C(=O)N(c3cccc(Br)c3)C2c2cccnc2)ccc1OCC(C)C. The number of aryl methyl sites for hydroxylation is 1. The number of ketones is 1. The van der Waals surface area contributed by atoms with Crippen molar-refractivity contribution in [3.05, 3.63) is 93.7 Å². The average Bonchev–Trinajstić information content (AvgIpc) is 3.08. The number of benzene rings is 2. The standard InChI is InChI=1S/C27H25BrN2O4/c1-16(2)15-34-22-10-9-18(12-17(22)3)25(31)23-24(19-6-5-11-29-14-19)30(27(33)26(23)32)21-8-4-7-20(28)13-21/h4-14,16,24,31H,15H2,1-3H3/b25-23+. The Labute approximate surface area is 207 Å². The summed E-state index contributed by atoms with van der Waals surface area (Å²) in [5.74, 6) is -0.598. The lowest BCUT2D eigenvalue weighted by molar-refractivity contribution is -0.132. The molecule has 2 aromatic carbocycles. The van der Waals surface area contributed by atoms with Crippen molar-refractivity contribution >= 4 is 39.1 Å². The predicted molar refractivity (Wildman–Crippen MR) is 135 cm³/mol. The van der Waals surface area contributed by atoms with Crippen LogP contribution in [0, 0.1) is 12.8 Å². The van der Waals surface area contributed by atoms with E-state index < -0.39 is 17.7 Å². The van der Waals surface area contributed by atoms with Gasteiger partial charge in [0.15, 0.2) is 0 Å². The summed E-state index contributed by atoms with van der Waals surface area (Å²) < 4.78 is 6.60. The van der Waals surface area contributed by atoms with E-state index in [0.29, 0.717) is 35.1 Å². The Kier molecular flexibility index (Phi) is 6.84. The van der Waals surface area contributed by atoms with Crippen LogP contribution in [0.15, 0.2) is 77.0 Å². The van der Waals surface area contributed by atoms with Gasteiger partial charge in [-0.1, -0.05) is 41.9 Å². The van der Waals surface area contributed by atoms with Gasteiger partial charge < -0.3 is 9.84 Å². The number of anilines is 1. The van der Waals surface area contributed by atoms with Crippen LogP contribution in [0.25, 0.3) is 5.76 Å². The molecule has 3 aromatic rings. The highest BCUT2D eigenvalue weighted by Crippen LogP contribution is 2.42. The van der Waals surface area contributed by atoms with Crippen molar-refractivity contribution in [3.8, 4) is 5.75 Å². The number of hydrogen-bond donors (Lipinski definition) is 1. The van der Waals surface area contributed by atoms with E-state index in [-0.39, 0.29) is 11.3 Å². The fraction of sp³-hybridized carbons (Fsp3) is 0.222. The molecule has 7 heteroatoms. The molecule has 2 heterocycles. The van der Waals surface area contributed by atoms with Gasteiger partial charge in [0.25, 0.3) is 11.7 Å². The average molecular weight is 521 g/mol. The number of aliphatic hydroxyl groups excluding tert-OH is 1. The Balaban J connectivity index is 1.84. The lowest BCUT2D eigenvalue weighted by Crippen LogP contribution is -2.29. The van der Waals surface area contributed by atoms with E-state index in [1.165, 1.54) is 4.90 Å². The highest BCUT2D eigenvalue weighted by molar-refractivity contribution is 9.10. The Morgan fingerprint density at radius 3 is 2.59 bits per heavy atom. The van der Waals surface area contributed by atoms with E-state index in [1.54, 1.807) is 60.9 Å². The third-order valence-corrected chi connectivity index (χ3v) is 6.04. The fourth-order valence-electron chi connectivity index (χ4n) is 3.95. The molecule has 1 aliphatic rings. The van der Waals surface area contributed by atoms with Crippen LogP contribution in [0.3, 0.4) is 0 Å². The van der Waals surface area contributed by atoms with Crippen molar-refractivity contribution in [3.63, 3.8) is 0 Å². The molecule has 1 fully saturated rings. The molecule has 1 aliphatic heterocycles. The lowest BCUT2D eigenvalue weighted by atomic mass is 9.95. The maximum absolute atomic E-state index is 13.2. The van der Waals surface area contributed by atoms with Crippen LogP contribution in [0.1, 0.15) is 36.6 Å². The molecule has 0 aliphatic carbocycles. The van der Waals surface area contributed by atoms with Crippen molar-refractivity contribution in [2.45, 2.75) is 26.8 Å². The normalized spacial score (nSPS) is 17.4. The van der Waals surface area contributed by atoms with Crippen molar-refractivity contribution < 1.29 is 19.4 Å². The van der Waals surface area contributed by atoms with Gasteiger partial charge in [-0.3, -0.25) is 19.5 Å². The van der Waals surface area contributed by atoms with Gasteiger partial charge in [0.05, 0.1) is 18.2 Å². The molecule has 174 valence electrons. The van der Waals surface area contributed by atoms with Gasteiger partial charge in [0, 0.05) is 28.1 Å². The first-order valence-corrected chi connectivity index (χ1v) is 11.8. The van der Waals surface area contributed by atoms with E-state index in [2.05, 4.69) is 34.8 Å². The van der Waals surface area contributed by atoms with Crippen molar-refractivity contribution in [2.75, 3.05) is 11.5 Å². The van der Waals surface area contributed by atoms with Crippen LogP contribution in [-0.2, 0) is 9.59 Å². The van der Waals surface area contributed by atoms with Crippen LogP contribution >= 0.6 is 15.9 Å². The van der Waals surface area contributed by atoms with Crippen LogP contribution in [0.5, 0.6) is 5.75 Å². The number of carbonyl (C=O) groups excluding carboxylic acids is 2. The Hall–Kier alpha value is -3.45. The molecule has 4 rings (SSSR count). The molecular weight excluding hydrogens is 496 g/mol. The van der Waals surface area contributed by atoms with Crippen molar-refractivity contribution in [1.29, 1.82) is 0 Å². The quantitative estimate of drug-likeness (QED) is 0.252. The van der Waals surface area contributed by atoms with E-state index in [1.807, 2.05) is 13.0 Å². The van der Waals surface area contributed by atoms with E-state index >= 15 is 0 Å². The fourth-order valence-corrected chi connectivity index (χ4v) is 4.34. The first kappa shape index (κ1) is 23.7. The second kappa shape index (κ2) is 9.81. The van der Waals surface area contributed by atoms with Gasteiger partial charge >= 0.3 is 0 Å². The summed E-state index contributed by atoms with van der Waals surface area (Å²) in [6.07, 6.45) is 3.22. The zero-order chi connectivity index (χ0) is 24.4. The zero-order valence-electron chi connectivity index (χ0n) is 19.2. The smallest absolute Gasteiger partial charge is 0.300 e. The first-order valence-electron chi connectivity index (χ1n) is 11.0. The minimum atomic E-state index is -0.819. The van der Waals surface area contributed by atoms with Crippen LogP contribution < -0.4 is 9.64 Å². The van der Waals surface area contributed by atoms with Crippen LogP contribution in [0.4, 0.5) is 5.69 Å². The molecule has 1 unspecified atom stereocenters. The number of hydrogen-bond acceptors (Lipinski definition) is 5. The number of Topliss-reactive ketones (excluding diaryl/α,β-unsaturated/α-hetero) is 1. The van der Waals surface area contributed by atoms with Gasteiger partial charge in [0.1, 0.15) is 11.5 Å². The number of carbonyl (C=O) groups is 2. The third-order valence-electron chi connectivity index (χ3n) is 5.55. The Bertz CT molecular complexity index is 1270. The number of nitrogens with zero attached hydrogens (tertiary/aromatic N) is 2. The number of rotatable bonds is 6. The molecule has 1 N–H and O–H groups in total. The molecule has 0 bridgehead atoms. The van der Waals surface area contributed by atoms with Gasteiger partial charge in [-0.15, -0.1) is 0 Å². The number of halogens is 1. The van der Waals surface area contributed by atoms with E-state index in [9.17, 15) is 14.7 Å². The van der Waals surface area contributed by atoms with Crippen LogP contribution in [0.2, 0.25) is 0 Å². The Morgan fingerprint density at radius 2 is 1.94 bits per heavy atom. The van der Waals surface area contributed by atoms with E-state index in [0.717, 1.165) is 10.0 Å². The number of aliphatic hydroxyl groups is 1. The summed E-state index contributed by atoms with van der Waals surface area (Å²) in [6.45, 7) is 6.59. The topological polar surface area (TPSA) is 79.7 Å². The molecule has 1 atom stereocenters. The van der Waals surface area contributed by atoms with Gasteiger partial charge in [-0.05, 0) is 66.4 Å². The minimum absolute atomic E-state index is 0.0215. The van der Waals surface area contributed by atoms with E-state index in [4.69, 9.17) is 4.74 Å². The highest BCUT2D eigenvalue weighted by Gasteiger charge is 2.47. The molecule has 1 amide bonds. The molecular formula is C27H25BrN2O4. The Morgan fingerprint density at radius 1 is 1.15 bits per heavy atom. The van der Waals surface area contributed by atoms with Gasteiger partial charge in [-0.25, -0.2) is 0 Å². The summed E-state index contributed by atoms with van der Waals surface area (Å²) >= 11 is 3.43. The summed E-state index contributed by atoms with van der Waals surface area (Å²) in [4.78, 5) is 32.0. The minimum Gasteiger partial charge on any atom is -0.507 e. The lowest BCUT2D eigenvalue weighted by Gasteiger charge is -2.25. The number of pyridine rings is 1. The van der Waals surface area contributed by atoms with Crippen LogP contribution in [-0.4, -0.2) is 28.4 Å². The monoisotopic (exact) mass is 520 g/mol. The first-order chi connectivity index (χ1) is 16.3. The number of amides is 1. The molecule has 0 radical (unpaired) electrons. The molecule has 34 heavy (non-hydrogen) atoms. The second-order valence-electron chi connectivity index (χ2n) is 8.62. The summed E-state index contributed by atoms with van der Waals surface area (Å²) in [5.41, 5.74) is 2.45. The molecule has 6 nitrogen and oxygen atoms in total. The molecule has 1 saturated heterocycles. The maximum Gasteiger partial charge on any atom is 0.300 e. The summed E-state index contributed by atoms with van der Waals surface area (Å²) in [5, 5.41) is 11.3. The van der Waals surface area contributed by atoms with Crippen molar-refractivity contribution in [1.82, 2.24) is 4.98 Å². The zero-order valence-corrected chi connectivity index (χ0v) is 20.7. The highest BCUT2D eigenvalue weighted by atomic mass is 79.9. The third kappa shape index (κ3) is 4.61. The molecule has 0 saturated carbocycles.